The van der Waals surface area contributed by atoms with Crippen molar-refractivity contribution in [1.82, 2.24) is 19.8 Å². The maximum Gasteiger partial charge on any atom is 0.259 e. The fourth-order valence-electron chi connectivity index (χ4n) is 3.61. The van der Waals surface area contributed by atoms with Gasteiger partial charge in [0.1, 0.15) is 11.7 Å². The van der Waals surface area contributed by atoms with Crippen molar-refractivity contribution in [2.45, 2.75) is 39.3 Å². The molecule has 0 saturated carbocycles. The Kier molecular flexibility index (Phi) is 8.01. The Morgan fingerprint density at radius 3 is 2.70 bits per heavy atom. The number of likely N-dealkylation sites (N-methyl/N-ethyl adjacent to an activating group) is 1. The van der Waals surface area contributed by atoms with Crippen LogP contribution in [0.1, 0.15) is 48.7 Å². The number of rotatable bonds is 5. The lowest BCUT2D eigenvalue weighted by atomic mass is 10.00. The van der Waals surface area contributed by atoms with Crippen LogP contribution in [0.2, 0.25) is 0 Å². The molecule has 174 valence electrons. The number of hydrogen-bond acceptors (Lipinski definition) is 6. The zero-order chi connectivity index (χ0) is 24.0. The molecule has 3 atom stereocenters. The van der Waals surface area contributed by atoms with E-state index in [4.69, 9.17) is 4.74 Å². The Morgan fingerprint density at radius 2 is 2.03 bits per heavy atom. The van der Waals surface area contributed by atoms with Gasteiger partial charge in [-0.25, -0.2) is 4.98 Å². The summed E-state index contributed by atoms with van der Waals surface area (Å²) >= 11 is 0. The zero-order valence-corrected chi connectivity index (χ0v) is 19.5. The maximum absolute atomic E-state index is 13.4. The molecule has 3 heterocycles. The second kappa shape index (κ2) is 10.9. The van der Waals surface area contributed by atoms with Crippen molar-refractivity contribution in [3.63, 3.8) is 0 Å². The molecule has 0 saturated heterocycles. The van der Waals surface area contributed by atoms with Crippen molar-refractivity contribution in [2.24, 2.45) is 5.92 Å². The van der Waals surface area contributed by atoms with E-state index in [2.05, 4.69) is 21.8 Å². The first-order valence-electron chi connectivity index (χ1n) is 11.1. The van der Waals surface area contributed by atoms with Crippen LogP contribution in [0.15, 0.2) is 36.8 Å². The van der Waals surface area contributed by atoms with E-state index in [9.17, 15) is 14.7 Å². The summed E-state index contributed by atoms with van der Waals surface area (Å²) in [6.07, 6.45) is 4.93. The lowest BCUT2D eigenvalue weighted by Crippen LogP contribution is -2.50. The molecule has 0 unspecified atom stereocenters. The number of aliphatic hydroxyl groups excluding tert-OH is 1. The minimum atomic E-state index is -0.381. The van der Waals surface area contributed by atoms with Crippen LogP contribution in [0.25, 0.3) is 0 Å². The van der Waals surface area contributed by atoms with E-state index < -0.39 is 0 Å². The minimum Gasteiger partial charge on any atom is -0.472 e. The molecule has 8 heteroatoms. The number of aliphatic hydroxyl groups is 1. The number of aromatic nitrogens is 2. The van der Waals surface area contributed by atoms with Crippen molar-refractivity contribution in [3.05, 3.63) is 53.5 Å². The van der Waals surface area contributed by atoms with E-state index >= 15 is 0 Å². The summed E-state index contributed by atoms with van der Waals surface area (Å²) in [5.41, 5.74) is 1.66. The molecular weight excluding hydrogens is 420 g/mol. The van der Waals surface area contributed by atoms with E-state index in [1.165, 1.54) is 0 Å². The molecule has 1 aliphatic heterocycles. The number of ether oxygens (including phenoxy) is 1. The smallest absolute Gasteiger partial charge is 0.259 e. The Labute approximate surface area is 194 Å². The van der Waals surface area contributed by atoms with Crippen LogP contribution in [0.4, 0.5) is 0 Å². The molecule has 0 radical (unpaired) electrons. The summed E-state index contributed by atoms with van der Waals surface area (Å²) in [6, 6.07) is 4.89. The molecule has 0 fully saturated rings. The van der Waals surface area contributed by atoms with E-state index in [-0.39, 0.29) is 47.9 Å². The molecule has 0 aliphatic carbocycles. The van der Waals surface area contributed by atoms with Gasteiger partial charge in [0.05, 0.1) is 19.2 Å². The van der Waals surface area contributed by atoms with Crippen molar-refractivity contribution in [2.75, 3.05) is 26.7 Å². The van der Waals surface area contributed by atoms with E-state index in [1.807, 2.05) is 13.8 Å². The van der Waals surface area contributed by atoms with Gasteiger partial charge >= 0.3 is 0 Å². The fourth-order valence-corrected chi connectivity index (χ4v) is 3.61. The highest BCUT2D eigenvalue weighted by Gasteiger charge is 2.34. The van der Waals surface area contributed by atoms with Gasteiger partial charge in [-0.1, -0.05) is 25.7 Å². The lowest BCUT2D eigenvalue weighted by molar-refractivity contribution is -0.131. The lowest BCUT2D eigenvalue weighted by Gasteiger charge is -2.37. The first kappa shape index (κ1) is 24.2. The standard InChI is InChI=1S/C25H30N4O4/c1-5-23(31)28(4)15-22-17(2)14-29(18(3)16-30)25(32)21-12-20(13-27-24(21)33-22)7-6-19-8-10-26-11-9-19/h8-13,17-18,22,30H,5,14-16H2,1-4H3/t17-,18+,22+/m0/s1. The Bertz CT molecular complexity index is 1050. The first-order chi connectivity index (χ1) is 15.8. The first-order valence-corrected chi connectivity index (χ1v) is 11.1. The molecule has 0 spiro atoms. The third kappa shape index (κ3) is 5.88. The second-order valence-corrected chi connectivity index (χ2v) is 8.31. The maximum atomic E-state index is 13.4. The zero-order valence-electron chi connectivity index (χ0n) is 19.5. The van der Waals surface area contributed by atoms with Crippen molar-refractivity contribution < 1.29 is 19.4 Å². The molecule has 8 nitrogen and oxygen atoms in total. The number of carbonyl (C=O) groups excluding carboxylic acids is 2. The SMILES string of the molecule is CCC(=O)N(C)C[C@H]1Oc2ncc(C#Cc3ccncc3)cc2C(=O)N([C@H](C)CO)C[C@@H]1C. The summed E-state index contributed by atoms with van der Waals surface area (Å²) in [5.74, 6) is 5.93. The number of carbonyl (C=O) groups is 2. The molecule has 1 aliphatic rings. The van der Waals surface area contributed by atoms with E-state index in [0.717, 1.165) is 5.56 Å². The molecule has 2 aromatic heterocycles. The highest BCUT2D eigenvalue weighted by Crippen LogP contribution is 2.27. The average molecular weight is 451 g/mol. The van der Waals surface area contributed by atoms with Crippen LogP contribution in [0, 0.1) is 17.8 Å². The van der Waals surface area contributed by atoms with Crippen molar-refractivity contribution in [1.29, 1.82) is 0 Å². The summed E-state index contributed by atoms with van der Waals surface area (Å²) in [5, 5.41) is 9.76. The average Bonchev–Trinajstić information content (AvgIpc) is 2.84. The third-order valence-electron chi connectivity index (χ3n) is 5.73. The highest BCUT2D eigenvalue weighted by atomic mass is 16.5. The van der Waals surface area contributed by atoms with Gasteiger partial charge in [0, 0.05) is 55.6 Å². The normalized spacial score (nSPS) is 18.7. The Balaban J connectivity index is 1.98. The molecule has 0 bridgehead atoms. The fraction of sp³-hybridized carbons (Fsp3) is 0.440. The molecule has 0 aromatic carbocycles. The van der Waals surface area contributed by atoms with Crippen LogP contribution in [-0.4, -0.2) is 75.6 Å². The van der Waals surface area contributed by atoms with Crippen LogP contribution in [0.5, 0.6) is 5.88 Å². The van der Waals surface area contributed by atoms with Crippen LogP contribution in [-0.2, 0) is 4.79 Å². The largest absolute Gasteiger partial charge is 0.472 e. The molecule has 1 N–H and O–H groups in total. The van der Waals surface area contributed by atoms with E-state index in [1.54, 1.807) is 60.6 Å². The highest BCUT2D eigenvalue weighted by molar-refractivity contribution is 5.97. The minimum absolute atomic E-state index is 0.0134. The second-order valence-electron chi connectivity index (χ2n) is 8.31. The van der Waals surface area contributed by atoms with Crippen LogP contribution < -0.4 is 4.74 Å². The van der Waals surface area contributed by atoms with Gasteiger partial charge < -0.3 is 19.6 Å². The van der Waals surface area contributed by atoms with Crippen molar-refractivity contribution in [3.8, 4) is 17.7 Å². The predicted octanol–water partition coefficient (Wildman–Crippen LogP) is 1.96. The monoisotopic (exact) mass is 450 g/mol. The summed E-state index contributed by atoms with van der Waals surface area (Å²) in [6.45, 7) is 6.17. The molecule has 2 amide bonds. The molecular formula is C25H30N4O4. The molecule has 33 heavy (non-hydrogen) atoms. The van der Waals surface area contributed by atoms with Gasteiger partial charge in [-0.05, 0) is 25.1 Å². The number of pyridine rings is 2. The number of fused-ring (bicyclic) bond motifs is 1. The van der Waals surface area contributed by atoms with Gasteiger partial charge in [-0.3, -0.25) is 14.6 Å². The van der Waals surface area contributed by atoms with Crippen LogP contribution >= 0.6 is 0 Å². The van der Waals surface area contributed by atoms with E-state index in [0.29, 0.717) is 25.1 Å². The van der Waals surface area contributed by atoms with Gasteiger partial charge in [0.2, 0.25) is 11.8 Å². The summed E-state index contributed by atoms with van der Waals surface area (Å²) in [4.78, 5) is 37.2. The molecule has 3 rings (SSSR count). The summed E-state index contributed by atoms with van der Waals surface area (Å²) < 4.78 is 6.19. The van der Waals surface area contributed by atoms with Gasteiger partial charge in [-0.2, -0.15) is 0 Å². The predicted molar refractivity (Wildman–Crippen MR) is 124 cm³/mol. The number of nitrogens with zero attached hydrogens (tertiary/aromatic N) is 4. The Morgan fingerprint density at radius 1 is 1.33 bits per heavy atom. The van der Waals surface area contributed by atoms with Crippen LogP contribution in [0.3, 0.4) is 0 Å². The Hall–Kier alpha value is -3.44. The number of hydrogen-bond donors (Lipinski definition) is 1. The third-order valence-corrected chi connectivity index (χ3v) is 5.73. The van der Waals surface area contributed by atoms with Crippen molar-refractivity contribution >= 4 is 11.8 Å². The van der Waals surface area contributed by atoms with Gasteiger partial charge in [-0.15, -0.1) is 0 Å². The number of amides is 2. The van der Waals surface area contributed by atoms with Gasteiger partial charge in [0.15, 0.2) is 0 Å². The quantitative estimate of drug-likeness (QED) is 0.700. The topological polar surface area (TPSA) is 95.9 Å². The summed E-state index contributed by atoms with van der Waals surface area (Å²) in [7, 11) is 1.74. The molecule has 2 aromatic rings. The van der Waals surface area contributed by atoms with Gasteiger partial charge in [0.25, 0.3) is 5.91 Å².